The van der Waals surface area contributed by atoms with Gasteiger partial charge in [0, 0.05) is 6.54 Å². The molecule has 1 aromatic heterocycles. The predicted octanol–water partition coefficient (Wildman–Crippen LogP) is -0.270. The van der Waals surface area contributed by atoms with Crippen molar-refractivity contribution >= 4 is 0 Å². The zero-order chi connectivity index (χ0) is 7.52. The van der Waals surface area contributed by atoms with Crippen LogP contribution in [0.1, 0.15) is 11.9 Å². The van der Waals surface area contributed by atoms with Crippen molar-refractivity contribution in [2.75, 3.05) is 19.8 Å². The number of morpholine rings is 1. The molecule has 0 bridgehead atoms. The standard InChI is InChI=1S/C6H9N3O2/c1-2-10-3-5(7-1)6-8-4-9-11-6/h4-5,7H,1-3H2. The number of aromatic nitrogens is 2. The number of nitrogens with one attached hydrogen (secondary N) is 1. The third-order valence-corrected chi connectivity index (χ3v) is 1.60. The molecule has 2 rings (SSSR count). The first kappa shape index (κ1) is 6.75. The summed E-state index contributed by atoms with van der Waals surface area (Å²) in [5.74, 6) is 0.602. The molecule has 0 radical (unpaired) electrons. The summed E-state index contributed by atoms with van der Waals surface area (Å²) < 4.78 is 10.1. The van der Waals surface area contributed by atoms with Gasteiger partial charge in [0.2, 0.25) is 5.89 Å². The van der Waals surface area contributed by atoms with Gasteiger partial charge in [0.05, 0.1) is 13.2 Å². The zero-order valence-corrected chi connectivity index (χ0v) is 5.99. The van der Waals surface area contributed by atoms with Crippen molar-refractivity contribution in [3.63, 3.8) is 0 Å². The molecule has 1 atom stereocenters. The van der Waals surface area contributed by atoms with E-state index in [4.69, 9.17) is 9.26 Å². The molecule has 1 N–H and O–H groups in total. The van der Waals surface area contributed by atoms with Crippen LogP contribution in [0, 0.1) is 0 Å². The van der Waals surface area contributed by atoms with Crippen LogP contribution in [0.4, 0.5) is 0 Å². The maximum absolute atomic E-state index is 5.22. The second kappa shape index (κ2) is 2.98. The molecule has 11 heavy (non-hydrogen) atoms. The van der Waals surface area contributed by atoms with Crippen molar-refractivity contribution in [2.24, 2.45) is 0 Å². The van der Waals surface area contributed by atoms with E-state index in [0.717, 1.165) is 13.2 Å². The number of ether oxygens (including phenoxy) is 1. The highest BCUT2D eigenvalue weighted by molar-refractivity contribution is 4.88. The van der Waals surface area contributed by atoms with E-state index in [1.807, 2.05) is 0 Å². The molecule has 0 amide bonds. The maximum atomic E-state index is 5.22. The Bertz CT molecular complexity index is 206. The van der Waals surface area contributed by atoms with Gasteiger partial charge in [-0.2, -0.15) is 4.98 Å². The lowest BCUT2D eigenvalue weighted by atomic mass is 10.3. The van der Waals surface area contributed by atoms with Gasteiger partial charge in [-0.25, -0.2) is 0 Å². The first-order valence-electron chi connectivity index (χ1n) is 3.54. The molecule has 1 unspecified atom stereocenters. The summed E-state index contributed by atoms with van der Waals surface area (Å²) >= 11 is 0. The summed E-state index contributed by atoms with van der Waals surface area (Å²) in [6, 6.07) is 0.0752. The summed E-state index contributed by atoms with van der Waals surface area (Å²) in [4.78, 5) is 3.92. The largest absolute Gasteiger partial charge is 0.378 e. The van der Waals surface area contributed by atoms with E-state index >= 15 is 0 Å². The lowest BCUT2D eigenvalue weighted by Gasteiger charge is -2.19. The van der Waals surface area contributed by atoms with Gasteiger partial charge in [-0.3, -0.25) is 0 Å². The van der Waals surface area contributed by atoms with E-state index in [2.05, 4.69) is 15.5 Å². The van der Waals surface area contributed by atoms with Crippen molar-refractivity contribution in [1.82, 2.24) is 15.5 Å². The fraction of sp³-hybridized carbons (Fsp3) is 0.667. The molecule has 5 nitrogen and oxygen atoms in total. The van der Waals surface area contributed by atoms with Crippen LogP contribution in [0.15, 0.2) is 10.9 Å². The molecule has 1 aromatic rings. The van der Waals surface area contributed by atoms with Gasteiger partial charge in [0.15, 0.2) is 6.33 Å². The molecule has 0 aliphatic carbocycles. The van der Waals surface area contributed by atoms with Crippen LogP contribution in [0.25, 0.3) is 0 Å². The molecule has 0 saturated carbocycles. The fourth-order valence-corrected chi connectivity index (χ4v) is 1.06. The van der Waals surface area contributed by atoms with Crippen LogP contribution in [-0.2, 0) is 4.74 Å². The first-order chi connectivity index (χ1) is 5.47. The molecule has 5 heteroatoms. The van der Waals surface area contributed by atoms with Crippen molar-refractivity contribution in [3.05, 3.63) is 12.2 Å². The van der Waals surface area contributed by atoms with Gasteiger partial charge in [-0.15, -0.1) is 0 Å². The van der Waals surface area contributed by atoms with Crippen LogP contribution in [-0.4, -0.2) is 29.9 Å². The minimum absolute atomic E-state index is 0.0752. The van der Waals surface area contributed by atoms with Crippen LogP contribution in [0.3, 0.4) is 0 Å². The molecule has 0 aromatic carbocycles. The van der Waals surface area contributed by atoms with E-state index in [1.54, 1.807) is 0 Å². The van der Waals surface area contributed by atoms with Gasteiger partial charge >= 0.3 is 0 Å². The highest BCUT2D eigenvalue weighted by atomic mass is 16.5. The average Bonchev–Trinajstić information content (AvgIpc) is 2.58. The minimum atomic E-state index is 0.0752. The summed E-state index contributed by atoms with van der Waals surface area (Å²) in [6.45, 7) is 2.21. The number of hydrogen-bond acceptors (Lipinski definition) is 5. The van der Waals surface area contributed by atoms with Gasteiger partial charge < -0.3 is 14.6 Å². The van der Waals surface area contributed by atoms with Crippen molar-refractivity contribution in [3.8, 4) is 0 Å². The Kier molecular flexibility index (Phi) is 1.83. The van der Waals surface area contributed by atoms with E-state index in [1.165, 1.54) is 6.33 Å². The number of nitrogens with zero attached hydrogens (tertiary/aromatic N) is 2. The lowest BCUT2D eigenvalue weighted by Crippen LogP contribution is -2.34. The molecule has 1 fully saturated rings. The van der Waals surface area contributed by atoms with Crippen LogP contribution in [0.5, 0.6) is 0 Å². The van der Waals surface area contributed by atoms with E-state index in [-0.39, 0.29) is 6.04 Å². The zero-order valence-electron chi connectivity index (χ0n) is 5.99. The van der Waals surface area contributed by atoms with Gasteiger partial charge in [-0.05, 0) is 0 Å². The van der Waals surface area contributed by atoms with Crippen molar-refractivity contribution in [2.45, 2.75) is 6.04 Å². The third-order valence-electron chi connectivity index (χ3n) is 1.60. The molecule has 0 spiro atoms. The molecule has 1 saturated heterocycles. The number of hydrogen-bond donors (Lipinski definition) is 1. The highest BCUT2D eigenvalue weighted by Gasteiger charge is 2.19. The molecule has 1 aliphatic rings. The summed E-state index contributed by atoms with van der Waals surface area (Å²) in [5.41, 5.74) is 0. The van der Waals surface area contributed by atoms with Crippen LogP contribution >= 0.6 is 0 Å². The van der Waals surface area contributed by atoms with Gasteiger partial charge in [0.1, 0.15) is 6.04 Å². The second-order valence-corrected chi connectivity index (χ2v) is 2.36. The summed E-state index contributed by atoms with van der Waals surface area (Å²) in [6.07, 6.45) is 1.39. The third kappa shape index (κ3) is 1.38. The summed E-state index contributed by atoms with van der Waals surface area (Å²) in [7, 11) is 0. The Morgan fingerprint density at radius 2 is 2.64 bits per heavy atom. The number of rotatable bonds is 1. The van der Waals surface area contributed by atoms with Crippen LogP contribution < -0.4 is 5.32 Å². The molecular formula is C6H9N3O2. The first-order valence-corrected chi connectivity index (χ1v) is 3.54. The van der Waals surface area contributed by atoms with E-state index in [9.17, 15) is 0 Å². The maximum Gasteiger partial charge on any atom is 0.245 e. The Balaban J connectivity index is 2.04. The van der Waals surface area contributed by atoms with Crippen LogP contribution in [0.2, 0.25) is 0 Å². The molecule has 60 valence electrons. The Hall–Kier alpha value is -0.940. The van der Waals surface area contributed by atoms with E-state index in [0.29, 0.717) is 12.5 Å². The molecule has 2 heterocycles. The Labute approximate surface area is 63.7 Å². The molecular weight excluding hydrogens is 146 g/mol. The lowest BCUT2D eigenvalue weighted by molar-refractivity contribution is 0.0659. The average molecular weight is 155 g/mol. The van der Waals surface area contributed by atoms with Crippen molar-refractivity contribution < 1.29 is 9.26 Å². The normalized spacial score (nSPS) is 25.3. The monoisotopic (exact) mass is 155 g/mol. The van der Waals surface area contributed by atoms with Gasteiger partial charge in [-0.1, -0.05) is 5.16 Å². The quantitative estimate of drug-likeness (QED) is 0.605. The Morgan fingerprint density at radius 3 is 3.27 bits per heavy atom. The topological polar surface area (TPSA) is 60.2 Å². The van der Waals surface area contributed by atoms with Gasteiger partial charge in [0.25, 0.3) is 0 Å². The Morgan fingerprint density at radius 1 is 1.64 bits per heavy atom. The second-order valence-electron chi connectivity index (χ2n) is 2.36. The van der Waals surface area contributed by atoms with Crippen molar-refractivity contribution in [1.29, 1.82) is 0 Å². The predicted molar refractivity (Wildman–Crippen MR) is 35.9 cm³/mol. The SMILES string of the molecule is c1noc(C2COCCN2)n1. The minimum Gasteiger partial charge on any atom is -0.378 e. The smallest absolute Gasteiger partial charge is 0.245 e. The highest BCUT2D eigenvalue weighted by Crippen LogP contribution is 2.10. The van der Waals surface area contributed by atoms with E-state index < -0.39 is 0 Å². The fourth-order valence-electron chi connectivity index (χ4n) is 1.06. The summed E-state index contributed by atoms with van der Waals surface area (Å²) in [5, 5.41) is 6.72. The molecule has 1 aliphatic heterocycles.